The van der Waals surface area contributed by atoms with E-state index in [1.54, 1.807) is 11.6 Å². The Balaban J connectivity index is 1.61. The molecule has 30 heavy (non-hydrogen) atoms. The van der Waals surface area contributed by atoms with Gasteiger partial charge in [-0.05, 0) is 56.6 Å². The third-order valence-electron chi connectivity index (χ3n) is 6.48. The van der Waals surface area contributed by atoms with Crippen LogP contribution in [0, 0.1) is 5.41 Å². The van der Waals surface area contributed by atoms with E-state index < -0.39 is 11.0 Å². The molecule has 1 unspecified atom stereocenters. The van der Waals surface area contributed by atoms with Gasteiger partial charge < -0.3 is 10.6 Å². The van der Waals surface area contributed by atoms with Gasteiger partial charge in [-0.2, -0.15) is 4.98 Å². The van der Waals surface area contributed by atoms with Crippen LogP contribution in [0.4, 0.5) is 11.8 Å². The minimum Gasteiger partial charge on any atom is -0.383 e. The average Bonchev–Trinajstić information content (AvgIpc) is 2.98. The molecule has 7 nitrogen and oxygen atoms in total. The SMILES string of the molecule is Cn1c(N2CCC3(CC2)Cc2ccccc2C3N[S@](=O)C(C)(C)C)nc(N)cc1=O. The van der Waals surface area contributed by atoms with Gasteiger partial charge in [-0.25, -0.2) is 8.93 Å². The number of nitrogens with zero attached hydrogens (tertiary/aromatic N) is 3. The number of benzene rings is 1. The highest BCUT2D eigenvalue weighted by molar-refractivity contribution is 7.84. The van der Waals surface area contributed by atoms with E-state index in [0.717, 1.165) is 32.4 Å². The van der Waals surface area contributed by atoms with Gasteiger partial charge in [0.05, 0.1) is 21.8 Å². The van der Waals surface area contributed by atoms with Crippen LogP contribution in [0.3, 0.4) is 0 Å². The number of rotatable bonds is 3. The zero-order valence-corrected chi connectivity index (χ0v) is 19.0. The lowest BCUT2D eigenvalue weighted by Gasteiger charge is -2.44. The molecule has 1 aromatic heterocycles. The lowest BCUT2D eigenvalue weighted by molar-refractivity contribution is 0.176. The van der Waals surface area contributed by atoms with Crippen molar-refractivity contribution in [3.63, 3.8) is 0 Å². The predicted octanol–water partition coefficient (Wildman–Crippen LogP) is 2.30. The molecule has 2 aromatic rings. The highest BCUT2D eigenvalue weighted by Crippen LogP contribution is 2.52. The number of fused-ring (bicyclic) bond motifs is 1. The number of nitrogen functional groups attached to an aromatic ring is 1. The Morgan fingerprint density at radius 3 is 2.57 bits per heavy atom. The molecule has 4 rings (SSSR count). The van der Waals surface area contributed by atoms with Gasteiger partial charge in [0.1, 0.15) is 5.82 Å². The van der Waals surface area contributed by atoms with Gasteiger partial charge in [0, 0.05) is 26.2 Å². The van der Waals surface area contributed by atoms with Gasteiger partial charge in [-0.15, -0.1) is 0 Å². The maximum absolute atomic E-state index is 13.0. The molecule has 1 aliphatic heterocycles. The van der Waals surface area contributed by atoms with Crippen molar-refractivity contribution in [1.29, 1.82) is 0 Å². The van der Waals surface area contributed by atoms with Gasteiger partial charge in [-0.1, -0.05) is 24.3 Å². The van der Waals surface area contributed by atoms with Crippen LogP contribution < -0.4 is 20.9 Å². The first-order chi connectivity index (χ1) is 14.1. The molecule has 1 aromatic carbocycles. The van der Waals surface area contributed by atoms with Crippen molar-refractivity contribution in [2.24, 2.45) is 12.5 Å². The Bertz CT molecular complexity index is 1030. The molecule has 0 saturated carbocycles. The second-order valence-electron chi connectivity index (χ2n) is 9.54. The van der Waals surface area contributed by atoms with Crippen LogP contribution in [0.2, 0.25) is 0 Å². The molecule has 0 amide bonds. The van der Waals surface area contributed by atoms with E-state index in [1.807, 2.05) is 20.8 Å². The van der Waals surface area contributed by atoms with Crippen LogP contribution in [0.1, 0.15) is 50.8 Å². The predicted molar refractivity (Wildman–Crippen MR) is 122 cm³/mol. The van der Waals surface area contributed by atoms with Gasteiger partial charge in [-0.3, -0.25) is 9.36 Å². The molecule has 2 atom stereocenters. The Kier molecular flexibility index (Phi) is 5.26. The van der Waals surface area contributed by atoms with Gasteiger partial charge in [0.2, 0.25) is 5.95 Å². The Hall–Kier alpha value is -2.19. The molecule has 1 saturated heterocycles. The zero-order valence-electron chi connectivity index (χ0n) is 18.1. The standard InChI is InChI=1S/C22H31N5O2S/c1-21(2,3)30(29)25-19-16-8-6-5-7-15(16)14-22(19)9-11-27(12-10-22)20-24-17(23)13-18(28)26(20)4/h5-8,13,19,25H,9-12,14,23H2,1-4H3/t19?,30-/m1/s1. The highest BCUT2D eigenvalue weighted by atomic mass is 32.2. The van der Waals surface area contributed by atoms with E-state index in [-0.39, 0.29) is 27.6 Å². The first kappa shape index (κ1) is 21.1. The molecule has 0 radical (unpaired) electrons. The van der Waals surface area contributed by atoms with Crippen molar-refractivity contribution < 1.29 is 4.21 Å². The monoisotopic (exact) mass is 429 g/mol. The summed E-state index contributed by atoms with van der Waals surface area (Å²) >= 11 is 0. The molecule has 1 spiro atoms. The normalized spacial score (nSPS) is 21.6. The van der Waals surface area contributed by atoms with Gasteiger partial charge >= 0.3 is 0 Å². The third-order valence-corrected chi connectivity index (χ3v) is 8.04. The number of nitrogens with one attached hydrogen (secondary N) is 1. The van der Waals surface area contributed by atoms with E-state index in [2.05, 4.69) is 38.9 Å². The van der Waals surface area contributed by atoms with E-state index in [4.69, 9.17) is 5.73 Å². The minimum atomic E-state index is -1.15. The maximum atomic E-state index is 13.0. The number of hydrogen-bond acceptors (Lipinski definition) is 5. The first-order valence-electron chi connectivity index (χ1n) is 10.5. The molecule has 1 aliphatic carbocycles. The lowest BCUT2D eigenvalue weighted by Crippen LogP contribution is -2.48. The number of nitrogens with two attached hydrogens (primary N) is 1. The first-order valence-corrected chi connectivity index (χ1v) is 11.6. The fourth-order valence-electron chi connectivity index (χ4n) is 4.71. The van der Waals surface area contributed by atoms with Crippen molar-refractivity contribution >= 4 is 22.8 Å². The summed E-state index contributed by atoms with van der Waals surface area (Å²) in [7, 11) is 0.578. The van der Waals surface area contributed by atoms with Crippen LogP contribution in [0.15, 0.2) is 35.1 Å². The van der Waals surface area contributed by atoms with E-state index in [9.17, 15) is 9.00 Å². The van der Waals surface area contributed by atoms with Crippen LogP contribution in [-0.2, 0) is 24.5 Å². The molecule has 0 bridgehead atoms. The van der Waals surface area contributed by atoms with Gasteiger partial charge in [0.15, 0.2) is 0 Å². The summed E-state index contributed by atoms with van der Waals surface area (Å²) in [5.74, 6) is 0.870. The summed E-state index contributed by atoms with van der Waals surface area (Å²) < 4.78 is 17.7. The van der Waals surface area contributed by atoms with Crippen LogP contribution in [0.25, 0.3) is 0 Å². The van der Waals surface area contributed by atoms with Crippen LogP contribution in [0.5, 0.6) is 0 Å². The largest absolute Gasteiger partial charge is 0.383 e. The second kappa shape index (κ2) is 7.50. The molecule has 1 fully saturated rings. The van der Waals surface area contributed by atoms with E-state index in [0.29, 0.717) is 5.95 Å². The van der Waals surface area contributed by atoms with Crippen molar-refractivity contribution in [1.82, 2.24) is 14.3 Å². The Labute approximate surface area is 180 Å². The van der Waals surface area contributed by atoms with Crippen LogP contribution >= 0.6 is 0 Å². The summed E-state index contributed by atoms with van der Waals surface area (Å²) in [6.45, 7) is 7.55. The molecule has 162 valence electrons. The smallest absolute Gasteiger partial charge is 0.256 e. The number of aromatic nitrogens is 2. The highest BCUT2D eigenvalue weighted by Gasteiger charge is 2.49. The Morgan fingerprint density at radius 2 is 1.90 bits per heavy atom. The second-order valence-corrected chi connectivity index (χ2v) is 11.5. The molecule has 8 heteroatoms. The number of hydrogen-bond donors (Lipinski definition) is 2. The van der Waals surface area contributed by atoms with Crippen LogP contribution in [-0.4, -0.2) is 31.6 Å². The summed E-state index contributed by atoms with van der Waals surface area (Å²) in [5.41, 5.74) is 8.28. The quantitative estimate of drug-likeness (QED) is 0.781. The summed E-state index contributed by atoms with van der Waals surface area (Å²) in [4.78, 5) is 18.7. The summed E-state index contributed by atoms with van der Waals surface area (Å²) in [6.07, 6.45) is 2.82. The topological polar surface area (TPSA) is 93.2 Å². The van der Waals surface area contributed by atoms with Crippen molar-refractivity contribution in [3.05, 3.63) is 51.8 Å². The minimum absolute atomic E-state index is 0.000285. The van der Waals surface area contributed by atoms with E-state index >= 15 is 0 Å². The fourth-order valence-corrected chi connectivity index (χ4v) is 5.65. The molecule has 3 N–H and O–H groups in total. The van der Waals surface area contributed by atoms with E-state index in [1.165, 1.54) is 17.2 Å². The summed E-state index contributed by atoms with van der Waals surface area (Å²) in [5, 5.41) is 0. The van der Waals surface area contributed by atoms with Gasteiger partial charge in [0.25, 0.3) is 5.56 Å². The summed E-state index contributed by atoms with van der Waals surface area (Å²) in [6, 6.07) is 9.90. The average molecular weight is 430 g/mol. The lowest BCUT2D eigenvalue weighted by atomic mass is 9.73. The molecule has 2 heterocycles. The number of piperidine rings is 1. The third kappa shape index (κ3) is 3.67. The molecular weight excluding hydrogens is 398 g/mol. The molecular formula is C22H31N5O2S. The number of anilines is 2. The fraction of sp³-hybridized carbons (Fsp3) is 0.545. The Morgan fingerprint density at radius 1 is 1.23 bits per heavy atom. The molecule has 2 aliphatic rings. The van der Waals surface area contributed by atoms with Crippen molar-refractivity contribution in [3.8, 4) is 0 Å². The maximum Gasteiger partial charge on any atom is 0.256 e. The van der Waals surface area contributed by atoms with Crippen molar-refractivity contribution in [2.45, 2.75) is 50.8 Å². The van der Waals surface area contributed by atoms with Crippen molar-refractivity contribution in [2.75, 3.05) is 23.7 Å². The zero-order chi connectivity index (χ0) is 21.7.